The van der Waals surface area contributed by atoms with Crippen LogP contribution in [0.1, 0.15) is 11.1 Å². The molecule has 0 atom stereocenters. The Morgan fingerprint density at radius 2 is 1.95 bits per heavy atom. The first-order chi connectivity index (χ1) is 9.12. The summed E-state index contributed by atoms with van der Waals surface area (Å²) in [5, 5.41) is 8.87. The van der Waals surface area contributed by atoms with Crippen molar-refractivity contribution in [1.29, 1.82) is 5.26 Å². The lowest BCUT2D eigenvalue weighted by molar-refractivity contribution is 0.389. The van der Waals surface area contributed by atoms with Crippen LogP contribution in [0.3, 0.4) is 0 Å². The van der Waals surface area contributed by atoms with Crippen LogP contribution in [0.15, 0.2) is 24.3 Å². The van der Waals surface area contributed by atoms with Gasteiger partial charge in [0.25, 0.3) is 0 Å². The van der Waals surface area contributed by atoms with Crippen LogP contribution < -0.4 is 15.2 Å². The maximum atomic E-state index is 8.87. The zero-order valence-corrected chi connectivity index (χ0v) is 10.5. The minimum atomic E-state index is 0.0587. The fourth-order valence-electron chi connectivity index (χ4n) is 1.47. The molecule has 0 aliphatic rings. The normalized spacial score (nSPS) is 9.74. The van der Waals surface area contributed by atoms with Crippen LogP contribution >= 0.6 is 0 Å². The molecule has 96 valence electrons. The van der Waals surface area contributed by atoms with E-state index in [0.717, 1.165) is 5.56 Å². The van der Waals surface area contributed by atoms with E-state index in [-0.39, 0.29) is 11.8 Å². The number of nitrogen functional groups attached to an aromatic ring is 1. The Hall–Kier alpha value is -2.81. The van der Waals surface area contributed by atoms with Gasteiger partial charge in [-0.25, -0.2) is 0 Å². The highest BCUT2D eigenvalue weighted by atomic mass is 16.5. The molecule has 0 saturated carbocycles. The first-order valence-corrected chi connectivity index (χ1v) is 5.49. The lowest BCUT2D eigenvalue weighted by Crippen LogP contribution is -2.00. The summed E-state index contributed by atoms with van der Waals surface area (Å²) in [7, 11) is 1.48. The standard InChI is InChI=1S/C13H12N4O2/c1-8-3-4-9(7-14)5-10(8)19-12-6-11(18-2)16-13(15)17-12/h3-6H,1-2H3,(H2,15,16,17). The van der Waals surface area contributed by atoms with Gasteiger partial charge in [0.2, 0.25) is 17.7 Å². The van der Waals surface area contributed by atoms with Gasteiger partial charge in [0.15, 0.2) is 0 Å². The van der Waals surface area contributed by atoms with E-state index in [2.05, 4.69) is 16.0 Å². The Morgan fingerprint density at radius 1 is 1.21 bits per heavy atom. The van der Waals surface area contributed by atoms with Gasteiger partial charge in [-0.05, 0) is 24.6 Å². The molecule has 0 aliphatic heterocycles. The third-order valence-electron chi connectivity index (χ3n) is 2.44. The number of nitrogens with two attached hydrogens (primary N) is 1. The highest BCUT2D eigenvalue weighted by Gasteiger charge is 2.07. The maximum absolute atomic E-state index is 8.87. The molecule has 0 unspecified atom stereocenters. The molecule has 2 aromatic rings. The highest BCUT2D eigenvalue weighted by molar-refractivity contribution is 5.44. The average molecular weight is 256 g/mol. The quantitative estimate of drug-likeness (QED) is 0.903. The van der Waals surface area contributed by atoms with E-state index in [1.807, 2.05) is 6.92 Å². The van der Waals surface area contributed by atoms with E-state index >= 15 is 0 Å². The van der Waals surface area contributed by atoms with Crippen molar-refractivity contribution in [3.63, 3.8) is 0 Å². The van der Waals surface area contributed by atoms with Crippen molar-refractivity contribution >= 4 is 5.95 Å². The molecule has 0 saturated heterocycles. The van der Waals surface area contributed by atoms with Crippen LogP contribution in [0.4, 0.5) is 5.95 Å². The van der Waals surface area contributed by atoms with E-state index in [1.165, 1.54) is 13.2 Å². The predicted octanol–water partition coefficient (Wildman–Crippen LogP) is 2.04. The Balaban J connectivity index is 2.36. The highest BCUT2D eigenvalue weighted by Crippen LogP contribution is 2.26. The Kier molecular flexibility index (Phi) is 3.48. The molecular weight excluding hydrogens is 244 g/mol. The van der Waals surface area contributed by atoms with Crippen LogP contribution in [0.5, 0.6) is 17.5 Å². The average Bonchev–Trinajstić information content (AvgIpc) is 2.40. The first-order valence-electron chi connectivity index (χ1n) is 5.49. The number of nitriles is 1. The summed E-state index contributed by atoms with van der Waals surface area (Å²) in [4.78, 5) is 7.82. The van der Waals surface area contributed by atoms with Gasteiger partial charge in [-0.15, -0.1) is 0 Å². The minimum absolute atomic E-state index is 0.0587. The van der Waals surface area contributed by atoms with Crippen LogP contribution in [-0.4, -0.2) is 17.1 Å². The van der Waals surface area contributed by atoms with Gasteiger partial charge in [-0.3, -0.25) is 0 Å². The molecule has 1 heterocycles. The Labute approximate surface area is 110 Å². The van der Waals surface area contributed by atoms with Crippen molar-refractivity contribution in [3.8, 4) is 23.6 Å². The minimum Gasteiger partial charge on any atom is -0.481 e. The van der Waals surface area contributed by atoms with Crippen molar-refractivity contribution in [2.45, 2.75) is 6.92 Å². The third-order valence-corrected chi connectivity index (χ3v) is 2.44. The molecule has 2 rings (SSSR count). The monoisotopic (exact) mass is 256 g/mol. The molecular formula is C13H12N4O2. The summed E-state index contributed by atoms with van der Waals surface area (Å²) in [5.74, 6) is 1.18. The van der Waals surface area contributed by atoms with E-state index in [4.69, 9.17) is 20.5 Å². The number of hydrogen-bond acceptors (Lipinski definition) is 6. The van der Waals surface area contributed by atoms with Gasteiger partial charge < -0.3 is 15.2 Å². The fourth-order valence-corrected chi connectivity index (χ4v) is 1.47. The molecule has 6 nitrogen and oxygen atoms in total. The second-order valence-electron chi connectivity index (χ2n) is 3.80. The number of aromatic nitrogens is 2. The van der Waals surface area contributed by atoms with E-state index in [1.54, 1.807) is 18.2 Å². The summed E-state index contributed by atoms with van der Waals surface area (Å²) in [5.41, 5.74) is 6.94. The van der Waals surface area contributed by atoms with Crippen LogP contribution in [-0.2, 0) is 0 Å². The molecule has 0 bridgehead atoms. The number of anilines is 1. The predicted molar refractivity (Wildman–Crippen MR) is 69.0 cm³/mol. The number of benzene rings is 1. The maximum Gasteiger partial charge on any atom is 0.227 e. The fraction of sp³-hybridized carbons (Fsp3) is 0.154. The van der Waals surface area contributed by atoms with Gasteiger partial charge in [-0.1, -0.05) is 6.07 Å². The number of hydrogen-bond donors (Lipinski definition) is 1. The molecule has 0 amide bonds. The summed E-state index contributed by atoms with van der Waals surface area (Å²) in [6, 6.07) is 8.73. The topological polar surface area (TPSA) is 94.0 Å². The SMILES string of the molecule is COc1cc(Oc2cc(C#N)ccc2C)nc(N)n1. The van der Waals surface area contributed by atoms with Crippen molar-refractivity contribution in [3.05, 3.63) is 35.4 Å². The smallest absolute Gasteiger partial charge is 0.227 e. The lowest BCUT2D eigenvalue weighted by Gasteiger charge is -2.09. The van der Waals surface area contributed by atoms with E-state index < -0.39 is 0 Å². The molecule has 0 fully saturated rings. The molecule has 1 aromatic heterocycles. The molecule has 19 heavy (non-hydrogen) atoms. The van der Waals surface area contributed by atoms with Crippen molar-refractivity contribution < 1.29 is 9.47 Å². The molecule has 0 radical (unpaired) electrons. The number of nitrogens with zero attached hydrogens (tertiary/aromatic N) is 3. The van der Waals surface area contributed by atoms with Crippen molar-refractivity contribution in [1.82, 2.24) is 9.97 Å². The first kappa shape index (κ1) is 12.6. The number of aryl methyl sites for hydroxylation is 1. The number of methoxy groups -OCH3 is 1. The summed E-state index contributed by atoms with van der Waals surface area (Å²) in [6.45, 7) is 1.87. The molecule has 2 N–H and O–H groups in total. The van der Waals surface area contributed by atoms with Gasteiger partial charge in [0, 0.05) is 0 Å². The van der Waals surface area contributed by atoms with Crippen molar-refractivity contribution in [2.75, 3.05) is 12.8 Å². The summed E-state index contributed by atoms with van der Waals surface area (Å²) >= 11 is 0. The second kappa shape index (κ2) is 5.23. The van der Waals surface area contributed by atoms with Gasteiger partial charge >= 0.3 is 0 Å². The van der Waals surface area contributed by atoms with E-state index in [9.17, 15) is 0 Å². The number of ether oxygens (including phenoxy) is 2. The van der Waals surface area contributed by atoms with E-state index in [0.29, 0.717) is 17.2 Å². The largest absolute Gasteiger partial charge is 0.481 e. The Morgan fingerprint density at radius 3 is 2.63 bits per heavy atom. The van der Waals surface area contributed by atoms with Crippen LogP contribution in [0.25, 0.3) is 0 Å². The summed E-state index contributed by atoms with van der Waals surface area (Å²) in [6.07, 6.45) is 0. The van der Waals surface area contributed by atoms with Gasteiger partial charge in [0.05, 0.1) is 24.8 Å². The molecule has 1 aromatic carbocycles. The Bertz CT molecular complexity index is 650. The number of rotatable bonds is 3. The van der Waals surface area contributed by atoms with Crippen LogP contribution in [0.2, 0.25) is 0 Å². The molecule has 0 spiro atoms. The van der Waals surface area contributed by atoms with Crippen molar-refractivity contribution in [2.24, 2.45) is 0 Å². The van der Waals surface area contributed by atoms with Crippen LogP contribution in [0, 0.1) is 18.3 Å². The molecule has 6 heteroatoms. The lowest BCUT2D eigenvalue weighted by atomic mass is 10.1. The zero-order chi connectivity index (χ0) is 13.8. The second-order valence-corrected chi connectivity index (χ2v) is 3.80. The molecule has 0 aliphatic carbocycles. The zero-order valence-electron chi connectivity index (χ0n) is 10.5. The van der Waals surface area contributed by atoms with Gasteiger partial charge in [-0.2, -0.15) is 15.2 Å². The third kappa shape index (κ3) is 2.90. The summed E-state index contributed by atoms with van der Waals surface area (Å²) < 4.78 is 10.6. The van der Waals surface area contributed by atoms with Gasteiger partial charge in [0.1, 0.15) is 5.75 Å².